The lowest BCUT2D eigenvalue weighted by Crippen LogP contribution is -2.68. The van der Waals surface area contributed by atoms with Gasteiger partial charge in [0.05, 0.1) is 6.42 Å². The molecule has 0 bridgehead atoms. The van der Waals surface area contributed by atoms with Gasteiger partial charge in [-0.15, -0.1) is 0 Å². The number of ketones is 1. The molecule has 0 aromatic heterocycles. The fourth-order valence-electron chi connectivity index (χ4n) is 7.93. The number of fused-ring (bicyclic) bond motifs is 1. The van der Waals surface area contributed by atoms with Gasteiger partial charge in [-0.2, -0.15) is 0 Å². The summed E-state index contributed by atoms with van der Waals surface area (Å²) in [5.74, 6) is -2.84. The minimum absolute atomic E-state index is 0.174. The Labute approximate surface area is 349 Å². The first-order chi connectivity index (χ1) is 28.1. The molecule has 0 saturated carbocycles. The molecule has 5 atom stereocenters. The molecule has 12 nitrogen and oxygen atoms in total. The lowest BCUT2D eigenvalue weighted by atomic mass is 9.95. The highest BCUT2D eigenvalue weighted by atomic mass is 28.4. The van der Waals surface area contributed by atoms with E-state index in [2.05, 4.69) is 66.3 Å². The minimum atomic E-state index is -2.96. The van der Waals surface area contributed by atoms with Gasteiger partial charge < -0.3 is 30.6 Å². The first kappa shape index (κ1) is 44.7. The summed E-state index contributed by atoms with van der Waals surface area (Å²) in [7, 11) is -2.96. The number of hydrogen-bond acceptors (Lipinski definition) is 7. The number of hydrogen-bond donors (Lipinski definition) is 4. The summed E-state index contributed by atoms with van der Waals surface area (Å²) in [4.78, 5) is 83.7. The molecule has 2 saturated heterocycles. The molecule has 59 heavy (non-hydrogen) atoms. The van der Waals surface area contributed by atoms with Gasteiger partial charge in [-0.1, -0.05) is 113 Å². The summed E-state index contributed by atoms with van der Waals surface area (Å²) in [5.41, 5.74) is -0.914. The van der Waals surface area contributed by atoms with Gasteiger partial charge in [-0.25, -0.2) is 0 Å². The van der Waals surface area contributed by atoms with Crippen LogP contribution in [0, 0.1) is 0 Å². The lowest BCUT2D eigenvalue weighted by Gasteiger charge is -2.44. The topological polar surface area (TPSA) is 163 Å². The molecule has 0 spiro atoms. The Morgan fingerprint density at radius 1 is 0.898 bits per heavy atom. The van der Waals surface area contributed by atoms with Gasteiger partial charge in [0.25, 0.3) is 8.32 Å². The van der Waals surface area contributed by atoms with E-state index in [4.69, 9.17) is 4.43 Å². The number of anilines is 1. The second-order valence-electron chi connectivity index (χ2n) is 16.7. The van der Waals surface area contributed by atoms with Crippen molar-refractivity contribution in [2.45, 2.75) is 121 Å². The number of nitrogens with one attached hydrogen (secondary N) is 4. The van der Waals surface area contributed by atoms with Crippen molar-refractivity contribution in [2.24, 2.45) is 0 Å². The van der Waals surface area contributed by atoms with Crippen LogP contribution >= 0.6 is 0 Å². The van der Waals surface area contributed by atoms with Gasteiger partial charge in [0.15, 0.2) is 5.78 Å². The first-order valence-corrected chi connectivity index (χ1v) is 22.6. The zero-order valence-corrected chi connectivity index (χ0v) is 36.1. The summed E-state index contributed by atoms with van der Waals surface area (Å²) in [5, 5.41) is 13.0. The maximum Gasteiger partial charge on any atom is 0.262 e. The molecule has 2 aliphatic heterocycles. The molecular formula is C46H59N5O7Si. The molecule has 4 N–H and O–H groups in total. The predicted octanol–water partition coefficient (Wildman–Crippen LogP) is 4.54. The van der Waals surface area contributed by atoms with E-state index in [1.165, 1.54) is 11.0 Å². The van der Waals surface area contributed by atoms with Crippen LogP contribution in [0.2, 0.25) is 5.04 Å². The Balaban J connectivity index is 1.27. The predicted molar refractivity (Wildman–Crippen MR) is 231 cm³/mol. The zero-order valence-electron chi connectivity index (χ0n) is 35.1. The van der Waals surface area contributed by atoms with Crippen molar-refractivity contribution >= 4 is 59.7 Å². The third kappa shape index (κ3) is 10.6. The van der Waals surface area contributed by atoms with Crippen LogP contribution in [-0.4, -0.2) is 84.8 Å². The van der Waals surface area contributed by atoms with Gasteiger partial charge in [0, 0.05) is 12.2 Å². The summed E-state index contributed by atoms with van der Waals surface area (Å²) in [6.07, 6.45) is 4.37. The number of rotatable bonds is 14. The summed E-state index contributed by atoms with van der Waals surface area (Å²) in [6.45, 7) is 11.8. The highest BCUT2D eigenvalue weighted by molar-refractivity contribution is 6.99. The lowest BCUT2D eigenvalue weighted by molar-refractivity contribution is -0.145. The average Bonchev–Trinajstić information content (AvgIpc) is 3.72. The number of para-hydroxylation sites is 1. The van der Waals surface area contributed by atoms with E-state index in [0.29, 0.717) is 31.4 Å². The summed E-state index contributed by atoms with van der Waals surface area (Å²) < 4.78 is 6.97. The van der Waals surface area contributed by atoms with E-state index in [0.717, 1.165) is 10.4 Å². The molecule has 2 heterocycles. The molecule has 13 heteroatoms. The third-order valence-corrected chi connectivity index (χ3v) is 16.6. The highest BCUT2D eigenvalue weighted by Crippen LogP contribution is 2.37. The number of carbonyl (C=O) groups excluding carboxylic acids is 6. The van der Waals surface area contributed by atoms with Crippen molar-refractivity contribution in [1.82, 2.24) is 20.9 Å². The highest BCUT2D eigenvalue weighted by Gasteiger charge is 2.51. The second kappa shape index (κ2) is 19.6. The van der Waals surface area contributed by atoms with Crippen LogP contribution in [0.25, 0.3) is 0 Å². The number of unbranched alkanes of at least 4 members (excludes halogenated alkanes) is 1. The Bertz CT molecular complexity index is 1950. The fourth-order valence-corrected chi connectivity index (χ4v) is 12.6. The molecule has 0 unspecified atom stereocenters. The molecule has 0 aliphatic carbocycles. The van der Waals surface area contributed by atoms with E-state index in [9.17, 15) is 28.8 Å². The van der Waals surface area contributed by atoms with Crippen molar-refractivity contribution < 1.29 is 33.2 Å². The van der Waals surface area contributed by atoms with Gasteiger partial charge in [0.1, 0.15) is 29.8 Å². The van der Waals surface area contributed by atoms with Crippen molar-refractivity contribution in [3.63, 3.8) is 0 Å². The Morgan fingerprint density at radius 3 is 2.07 bits per heavy atom. The first-order valence-electron chi connectivity index (χ1n) is 20.7. The second-order valence-corrected chi connectivity index (χ2v) is 21.0. The largest absolute Gasteiger partial charge is 0.397 e. The van der Waals surface area contributed by atoms with Crippen LogP contribution < -0.4 is 31.6 Å². The average molecular weight is 822 g/mol. The van der Waals surface area contributed by atoms with Gasteiger partial charge in [0.2, 0.25) is 29.5 Å². The van der Waals surface area contributed by atoms with Crippen LogP contribution in [0.3, 0.4) is 0 Å². The Morgan fingerprint density at radius 2 is 1.49 bits per heavy atom. The molecule has 5 amide bonds. The van der Waals surface area contributed by atoms with E-state index in [-0.39, 0.29) is 36.6 Å². The molecule has 0 radical (unpaired) electrons. The van der Waals surface area contributed by atoms with Crippen molar-refractivity contribution in [2.75, 3.05) is 11.9 Å². The molecule has 3 aromatic carbocycles. The molecule has 3 aromatic rings. The number of benzene rings is 3. The SMILES string of the molecule is CC[C@]1(C)NC(=O)[C@H](CCC/C=C/C(=O)[C@H](C)O[Si](c2ccccc2)(c2ccccc2)C(C)(C)C)NC(=O)[C@H]2CCCN2C(=O)[C@H](CC(=O)Nc2ccccc2)NC1=O. The Hall–Kier alpha value is -5.40. The van der Waals surface area contributed by atoms with Crippen molar-refractivity contribution in [3.05, 3.63) is 103 Å². The van der Waals surface area contributed by atoms with Crippen LogP contribution in [0.15, 0.2) is 103 Å². The minimum Gasteiger partial charge on any atom is -0.397 e. The number of nitrogens with zero attached hydrogens (tertiary/aromatic N) is 1. The number of allylic oxidation sites excluding steroid dienone is 1. The zero-order chi connectivity index (χ0) is 42.8. The molecule has 2 fully saturated rings. The van der Waals surface area contributed by atoms with E-state index in [1.807, 2.05) is 42.5 Å². The van der Waals surface area contributed by atoms with Crippen LogP contribution in [0.1, 0.15) is 86.5 Å². The standard InChI is InChI=1S/C46H59N5O7Si/c1-7-46(6)44(57)49-37(31-40(53)47-33-21-12-8-13-22-33)43(56)51-30-20-28-38(51)42(55)48-36(41(54)50-46)27-18-11-19-29-39(52)32(2)58-59(45(3,4)5,34-23-14-9-15-24-34)35-25-16-10-17-26-35/h8-10,12-17,19,21-26,29,32,36-38H,7,11,18,20,27-28,30-31H2,1-6H3,(H,47,53)(H,48,55)(H,49,57)(H,50,54)/b29-19+/t32-,36-,37-,38+,46-/m0/s1. The molecule has 5 rings (SSSR count). The number of amides is 5. The normalized spacial score (nSPS) is 22.3. The molecule has 314 valence electrons. The van der Waals surface area contributed by atoms with Crippen LogP contribution in [0.5, 0.6) is 0 Å². The van der Waals surface area contributed by atoms with Gasteiger partial charge in [-0.3, -0.25) is 28.8 Å². The van der Waals surface area contributed by atoms with Crippen LogP contribution in [-0.2, 0) is 33.2 Å². The molecular weight excluding hydrogens is 763 g/mol. The Kier molecular flexibility index (Phi) is 14.8. The maximum atomic E-state index is 14.0. The summed E-state index contributed by atoms with van der Waals surface area (Å²) in [6, 6.07) is 25.9. The number of carbonyl (C=O) groups is 6. The van der Waals surface area contributed by atoms with E-state index in [1.54, 1.807) is 51.1 Å². The van der Waals surface area contributed by atoms with Crippen molar-refractivity contribution in [1.29, 1.82) is 0 Å². The van der Waals surface area contributed by atoms with E-state index < -0.39 is 67.6 Å². The van der Waals surface area contributed by atoms with E-state index >= 15 is 0 Å². The maximum absolute atomic E-state index is 14.0. The molecule has 2 aliphatic rings. The van der Waals surface area contributed by atoms with Crippen LogP contribution in [0.4, 0.5) is 5.69 Å². The fraction of sp³-hybridized carbons (Fsp3) is 0.435. The smallest absolute Gasteiger partial charge is 0.262 e. The van der Waals surface area contributed by atoms with Crippen molar-refractivity contribution in [3.8, 4) is 0 Å². The quantitative estimate of drug-likeness (QED) is 0.106. The van der Waals surface area contributed by atoms with Gasteiger partial charge in [-0.05, 0) is 86.0 Å². The van der Waals surface area contributed by atoms with Gasteiger partial charge >= 0.3 is 0 Å². The third-order valence-electron chi connectivity index (χ3n) is 11.4. The monoisotopic (exact) mass is 821 g/mol. The summed E-state index contributed by atoms with van der Waals surface area (Å²) >= 11 is 0.